The van der Waals surface area contributed by atoms with Gasteiger partial charge in [-0.3, -0.25) is 9.59 Å². The van der Waals surface area contributed by atoms with Gasteiger partial charge < -0.3 is 15.0 Å². The molecular weight excluding hydrogens is 432 g/mol. The molecule has 1 amide bonds. The molecule has 0 atom stereocenters. The number of ketones is 1. The van der Waals surface area contributed by atoms with Crippen LogP contribution in [0.3, 0.4) is 0 Å². The molecule has 7 heteroatoms. The van der Waals surface area contributed by atoms with E-state index in [1.807, 2.05) is 18.2 Å². The molecule has 0 aromatic heterocycles. The third-order valence-electron chi connectivity index (χ3n) is 4.33. The van der Waals surface area contributed by atoms with Gasteiger partial charge in [-0.15, -0.1) is 0 Å². The Labute approximate surface area is 171 Å². The molecule has 0 unspecified atom stereocenters. The van der Waals surface area contributed by atoms with E-state index in [4.69, 9.17) is 16.3 Å². The number of benzene rings is 2. The largest absolute Gasteiger partial charge is 0.378 e. The monoisotopic (exact) mass is 450 g/mol. The Morgan fingerprint density at radius 3 is 2.48 bits per heavy atom. The maximum atomic E-state index is 12.4. The average molecular weight is 452 g/mol. The van der Waals surface area contributed by atoms with Gasteiger partial charge in [0.25, 0.3) is 0 Å². The number of nitrogens with one attached hydrogen (secondary N) is 1. The van der Waals surface area contributed by atoms with Crippen molar-refractivity contribution in [2.24, 2.45) is 0 Å². The van der Waals surface area contributed by atoms with Crippen molar-refractivity contribution in [2.75, 3.05) is 36.5 Å². The summed E-state index contributed by atoms with van der Waals surface area (Å²) in [7, 11) is 0. The number of carbonyl (C=O) groups is 2. The van der Waals surface area contributed by atoms with Crippen LogP contribution in [0.2, 0.25) is 5.02 Å². The molecular formula is C20H20BrClN2O3. The van der Waals surface area contributed by atoms with E-state index >= 15 is 0 Å². The molecule has 142 valence electrons. The topological polar surface area (TPSA) is 58.6 Å². The van der Waals surface area contributed by atoms with Gasteiger partial charge in [0.05, 0.1) is 29.6 Å². The number of amides is 1. The van der Waals surface area contributed by atoms with Gasteiger partial charge in [-0.25, -0.2) is 0 Å². The molecule has 5 nitrogen and oxygen atoms in total. The number of halogens is 2. The Hall–Kier alpha value is -1.89. The molecule has 0 aliphatic carbocycles. The first-order valence-electron chi connectivity index (χ1n) is 8.74. The van der Waals surface area contributed by atoms with E-state index in [-0.39, 0.29) is 24.5 Å². The van der Waals surface area contributed by atoms with Gasteiger partial charge in [-0.1, -0.05) is 45.7 Å². The summed E-state index contributed by atoms with van der Waals surface area (Å²) in [6, 6.07) is 12.6. The van der Waals surface area contributed by atoms with Gasteiger partial charge in [-0.2, -0.15) is 0 Å². The van der Waals surface area contributed by atoms with Crippen molar-refractivity contribution in [2.45, 2.75) is 12.8 Å². The van der Waals surface area contributed by atoms with Crippen molar-refractivity contribution >= 4 is 50.6 Å². The fourth-order valence-corrected chi connectivity index (χ4v) is 3.50. The fourth-order valence-electron chi connectivity index (χ4n) is 2.94. The van der Waals surface area contributed by atoms with Crippen molar-refractivity contribution in [3.8, 4) is 0 Å². The summed E-state index contributed by atoms with van der Waals surface area (Å²) in [5.41, 5.74) is 2.06. The van der Waals surface area contributed by atoms with E-state index in [1.54, 1.807) is 24.3 Å². The van der Waals surface area contributed by atoms with Gasteiger partial charge in [-0.05, 0) is 24.3 Å². The third kappa shape index (κ3) is 5.31. The van der Waals surface area contributed by atoms with Gasteiger partial charge in [0.1, 0.15) is 0 Å². The number of nitrogens with zero attached hydrogens (tertiary/aromatic N) is 1. The summed E-state index contributed by atoms with van der Waals surface area (Å²) in [6.45, 7) is 2.68. The second-order valence-corrected chi connectivity index (χ2v) is 7.54. The van der Waals surface area contributed by atoms with Crippen LogP contribution < -0.4 is 10.2 Å². The van der Waals surface area contributed by atoms with Gasteiger partial charge in [0, 0.05) is 36.0 Å². The third-order valence-corrected chi connectivity index (χ3v) is 5.17. The van der Waals surface area contributed by atoms with Crippen LogP contribution in [0.1, 0.15) is 23.2 Å². The fraction of sp³-hybridized carbons (Fsp3) is 0.300. The van der Waals surface area contributed by atoms with Crippen LogP contribution in [-0.4, -0.2) is 38.0 Å². The van der Waals surface area contributed by atoms with Crippen LogP contribution in [0.5, 0.6) is 0 Å². The van der Waals surface area contributed by atoms with Crippen molar-refractivity contribution in [1.82, 2.24) is 0 Å². The molecule has 1 N–H and O–H groups in total. The van der Waals surface area contributed by atoms with Crippen molar-refractivity contribution in [1.29, 1.82) is 0 Å². The van der Waals surface area contributed by atoms with E-state index in [1.165, 1.54) is 0 Å². The Kier molecular flexibility index (Phi) is 6.88. The minimum Gasteiger partial charge on any atom is -0.378 e. The number of rotatable bonds is 6. The molecule has 1 fully saturated rings. The van der Waals surface area contributed by atoms with E-state index in [2.05, 4.69) is 26.1 Å². The molecule has 0 saturated carbocycles. The highest BCUT2D eigenvalue weighted by atomic mass is 79.9. The average Bonchev–Trinajstić information content (AvgIpc) is 2.67. The predicted octanol–water partition coefficient (Wildman–Crippen LogP) is 4.54. The van der Waals surface area contributed by atoms with Crippen LogP contribution in [0.25, 0.3) is 0 Å². The molecule has 1 heterocycles. The lowest BCUT2D eigenvalue weighted by atomic mass is 10.1. The van der Waals surface area contributed by atoms with Gasteiger partial charge in [0.2, 0.25) is 5.91 Å². The minimum absolute atomic E-state index is 0.0582. The number of hydrogen-bond acceptors (Lipinski definition) is 4. The maximum absolute atomic E-state index is 12.4. The summed E-state index contributed by atoms with van der Waals surface area (Å²) in [5.74, 6) is -0.269. The zero-order chi connectivity index (χ0) is 19.2. The highest BCUT2D eigenvalue weighted by Gasteiger charge is 2.19. The quantitative estimate of drug-likeness (QED) is 0.655. The highest BCUT2D eigenvalue weighted by molar-refractivity contribution is 9.10. The molecule has 0 radical (unpaired) electrons. The van der Waals surface area contributed by atoms with Crippen LogP contribution in [0.15, 0.2) is 46.9 Å². The molecule has 1 aliphatic rings. The van der Waals surface area contributed by atoms with Crippen LogP contribution in [0.4, 0.5) is 11.4 Å². The van der Waals surface area contributed by atoms with E-state index in [9.17, 15) is 9.59 Å². The van der Waals surface area contributed by atoms with Crippen LogP contribution in [0, 0.1) is 0 Å². The van der Waals surface area contributed by atoms with Gasteiger partial charge in [0.15, 0.2) is 5.78 Å². The van der Waals surface area contributed by atoms with E-state index in [0.29, 0.717) is 42.6 Å². The second kappa shape index (κ2) is 9.35. The molecule has 0 spiro atoms. The van der Waals surface area contributed by atoms with Crippen molar-refractivity contribution in [3.63, 3.8) is 0 Å². The summed E-state index contributed by atoms with van der Waals surface area (Å²) in [5, 5.41) is 3.48. The predicted molar refractivity (Wildman–Crippen MR) is 111 cm³/mol. The first-order chi connectivity index (χ1) is 13.0. The number of morpholine rings is 1. The molecule has 3 rings (SSSR count). The molecule has 0 bridgehead atoms. The lowest BCUT2D eigenvalue weighted by molar-refractivity contribution is -0.116. The summed E-state index contributed by atoms with van der Waals surface area (Å²) >= 11 is 9.72. The second-order valence-electron chi connectivity index (χ2n) is 6.21. The molecule has 1 aliphatic heterocycles. The van der Waals surface area contributed by atoms with Crippen molar-refractivity contribution in [3.05, 3.63) is 57.5 Å². The van der Waals surface area contributed by atoms with Crippen LogP contribution >= 0.6 is 27.5 Å². The molecule has 2 aromatic carbocycles. The number of hydrogen-bond donors (Lipinski definition) is 1. The van der Waals surface area contributed by atoms with Crippen molar-refractivity contribution < 1.29 is 14.3 Å². The SMILES string of the molecule is O=C(CCC(=O)c1ccc(Br)cc1)Nc1cccc(Cl)c1N1CCOCC1. The van der Waals surface area contributed by atoms with Gasteiger partial charge >= 0.3 is 0 Å². The lowest BCUT2D eigenvalue weighted by Crippen LogP contribution is -2.37. The summed E-state index contributed by atoms with van der Waals surface area (Å²) in [4.78, 5) is 26.7. The smallest absolute Gasteiger partial charge is 0.224 e. The van der Waals surface area contributed by atoms with E-state index in [0.717, 1.165) is 10.2 Å². The molecule has 1 saturated heterocycles. The molecule has 2 aromatic rings. The first-order valence-corrected chi connectivity index (χ1v) is 9.91. The summed E-state index contributed by atoms with van der Waals surface area (Å²) < 4.78 is 6.29. The highest BCUT2D eigenvalue weighted by Crippen LogP contribution is 2.34. The first kappa shape index (κ1) is 19.9. The Balaban J connectivity index is 1.63. The Bertz CT molecular complexity index is 820. The number of para-hydroxylation sites is 1. The number of ether oxygens (including phenoxy) is 1. The number of Topliss-reactive ketones (excluding diaryl/α,β-unsaturated/α-hetero) is 1. The Morgan fingerprint density at radius 2 is 1.78 bits per heavy atom. The Morgan fingerprint density at radius 1 is 1.07 bits per heavy atom. The normalized spacial score (nSPS) is 14.1. The standard InChI is InChI=1S/C20H20BrClN2O3/c21-15-6-4-14(5-7-15)18(25)8-9-19(26)23-17-3-1-2-16(22)20(17)24-10-12-27-13-11-24/h1-7H,8-13H2,(H,23,26). The zero-order valence-corrected chi connectivity index (χ0v) is 17.1. The summed E-state index contributed by atoms with van der Waals surface area (Å²) in [6.07, 6.45) is 0.269. The molecule has 27 heavy (non-hydrogen) atoms. The zero-order valence-electron chi connectivity index (χ0n) is 14.7. The maximum Gasteiger partial charge on any atom is 0.224 e. The number of carbonyl (C=O) groups excluding carboxylic acids is 2. The lowest BCUT2D eigenvalue weighted by Gasteiger charge is -2.31. The minimum atomic E-state index is -0.211. The van der Waals surface area contributed by atoms with Crippen LogP contribution in [-0.2, 0) is 9.53 Å². The number of anilines is 2. The van der Waals surface area contributed by atoms with E-state index < -0.39 is 0 Å².